The van der Waals surface area contributed by atoms with Crippen molar-refractivity contribution in [3.8, 4) is 5.88 Å². The molecule has 7 nitrogen and oxygen atoms in total. The Hall–Kier alpha value is -3.22. The molecule has 0 fully saturated rings. The standard InChI is InChI=1S/C26H38N6O/c1-5-10-32(11-6-2)24-19-25(29-27-21-23-9-7-8-22(3)18-23)28-26(20-24)33-17-16-31-14-12-30(4)13-15-31/h7-9,12,14,18-21H,5-6,10-11,13,15-17H2,1-4H3,(H,28,29)/b27-21+. The number of nitrogens with zero attached hydrogens (tertiary/aromatic N) is 5. The van der Waals surface area contributed by atoms with Gasteiger partial charge < -0.3 is 19.4 Å². The van der Waals surface area contributed by atoms with Crippen LogP contribution in [0.25, 0.3) is 0 Å². The number of likely N-dealkylation sites (N-methyl/N-ethyl adjacent to an activating group) is 1. The molecular formula is C26H38N6O. The third-order valence-electron chi connectivity index (χ3n) is 5.47. The van der Waals surface area contributed by atoms with Crippen molar-refractivity contribution in [2.45, 2.75) is 33.6 Å². The molecule has 1 aliphatic rings. The molecule has 0 saturated carbocycles. The maximum atomic E-state index is 6.08. The number of aromatic nitrogens is 1. The van der Waals surface area contributed by atoms with Crippen LogP contribution in [0.4, 0.5) is 11.5 Å². The number of rotatable bonds is 12. The molecule has 0 radical (unpaired) electrons. The van der Waals surface area contributed by atoms with Gasteiger partial charge in [-0.2, -0.15) is 10.1 Å². The van der Waals surface area contributed by atoms with Gasteiger partial charge in [-0.25, -0.2) is 0 Å². The zero-order valence-electron chi connectivity index (χ0n) is 20.5. The number of ether oxygens (including phenoxy) is 1. The van der Waals surface area contributed by atoms with Crippen LogP contribution in [0.3, 0.4) is 0 Å². The molecule has 178 valence electrons. The van der Waals surface area contributed by atoms with Gasteiger partial charge in [-0.15, -0.1) is 0 Å². The molecule has 0 aliphatic carbocycles. The van der Waals surface area contributed by atoms with Gasteiger partial charge in [0.2, 0.25) is 5.88 Å². The number of hydrogen-bond acceptors (Lipinski definition) is 7. The van der Waals surface area contributed by atoms with Crippen molar-refractivity contribution >= 4 is 17.7 Å². The summed E-state index contributed by atoms with van der Waals surface area (Å²) in [6.07, 6.45) is 8.21. The Morgan fingerprint density at radius 3 is 2.64 bits per heavy atom. The third kappa shape index (κ3) is 8.00. The molecule has 33 heavy (non-hydrogen) atoms. The van der Waals surface area contributed by atoms with Gasteiger partial charge in [0, 0.05) is 63.4 Å². The minimum absolute atomic E-state index is 0.581. The molecule has 1 aromatic heterocycles. The first kappa shape index (κ1) is 24.4. The minimum atomic E-state index is 0.581. The number of pyridine rings is 1. The van der Waals surface area contributed by atoms with E-state index in [-0.39, 0.29) is 0 Å². The zero-order chi connectivity index (χ0) is 23.5. The molecule has 1 N–H and O–H groups in total. The molecule has 0 saturated heterocycles. The number of anilines is 2. The topological polar surface area (TPSA) is 56.2 Å². The normalized spacial score (nSPS) is 13.6. The van der Waals surface area contributed by atoms with Crippen LogP contribution >= 0.6 is 0 Å². The van der Waals surface area contributed by atoms with Crippen LogP contribution in [0, 0.1) is 6.92 Å². The Kier molecular flexibility index (Phi) is 9.42. The summed E-state index contributed by atoms with van der Waals surface area (Å²) < 4.78 is 6.08. The van der Waals surface area contributed by atoms with E-state index in [2.05, 4.69) is 88.6 Å². The fourth-order valence-electron chi connectivity index (χ4n) is 3.74. The van der Waals surface area contributed by atoms with E-state index in [9.17, 15) is 0 Å². The number of aryl methyl sites for hydroxylation is 1. The van der Waals surface area contributed by atoms with E-state index in [1.807, 2.05) is 24.4 Å². The molecule has 1 aliphatic heterocycles. The average molecular weight is 451 g/mol. The van der Waals surface area contributed by atoms with E-state index in [4.69, 9.17) is 4.74 Å². The van der Waals surface area contributed by atoms with Crippen molar-refractivity contribution < 1.29 is 4.74 Å². The molecule has 7 heteroatoms. The summed E-state index contributed by atoms with van der Waals surface area (Å²) in [4.78, 5) is 11.5. The Balaban J connectivity index is 1.71. The Labute approximate surface area is 198 Å². The quantitative estimate of drug-likeness (QED) is 0.378. The highest BCUT2D eigenvalue weighted by Gasteiger charge is 2.11. The summed E-state index contributed by atoms with van der Waals surface area (Å²) >= 11 is 0. The number of hydrogen-bond donors (Lipinski definition) is 1. The molecule has 2 heterocycles. The zero-order valence-corrected chi connectivity index (χ0v) is 20.5. The summed E-state index contributed by atoms with van der Waals surface area (Å²) in [7, 11) is 2.09. The van der Waals surface area contributed by atoms with Gasteiger partial charge in [0.15, 0.2) is 5.82 Å². The third-order valence-corrected chi connectivity index (χ3v) is 5.47. The lowest BCUT2D eigenvalue weighted by Gasteiger charge is -2.28. The van der Waals surface area contributed by atoms with Crippen LogP contribution in [0.1, 0.15) is 37.8 Å². The second-order valence-electron chi connectivity index (χ2n) is 8.48. The summed E-state index contributed by atoms with van der Waals surface area (Å²) in [5, 5.41) is 4.41. The van der Waals surface area contributed by atoms with E-state index in [0.717, 1.165) is 56.8 Å². The predicted octanol–water partition coefficient (Wildman–Crippen LogP) is 4.56. The van der Waals surface area contributed by atoms with Crippen LogP contribution in [-0.4, -0.2) is 67.4 Å². The second-order valence-corrected chi connectivity index (χ2v) is 8.48. The summed E-state index contributed by atoms with van der Waals surface area (Å²) in [5.41, 5.74) is 6.47. The highest BCUT2D eigenvalue weighted by atomic mass is 16.5. The Morgan fingerprint density at radius 1 is 1.12 bits per heavy atom. The van der Waals surface area contributed by atoms with E-state index in [1.165, 1.54) is 5.56 Å². The predicted molar refractivity (Wildman–Crippen MR) is 138 cm³/mol. The van der Waals surface area contributed by atoms with Crippen molar-refractivity contribution in [2.75, 3.05) is 56.7 Å². The van der Waals surface area contributed by atoms with Crippen LogP contribution in [-0.2, 0) is 0 Å². The molecule has 0 amide bonds. The lowest BCUT2D eigenvalue weighted by Crippen LogP contribution is -2.34. The largest absolute Gasteiger partial charge is 0.476 e. The number of benzene rings is 1. The van der Waals surface area contributed by atoms with Gasteiger partial charge in [0.05, 0.1) is 12.8 Å². The van der Waals surface area contributed by atoms with Crippen molar-refractivity contribution in [2.24, 2.45) is 5.10 Å². The van der Waals surface area contributed by atoms with E-state index >= 15 is 0 Å². The molecule has 1 aromatic carbocycles. The van der Waals surface area contributed by atoms with Crippen LogP contribution < -0.4 is 15.1 Å². The average Bonchev–Trinajstić information content (AvgIpc) is 2.80. The molecular weight excluding hydrogens is 412 g/mol. The second kappa shape index (κ2) is 12.7. The fourth-order valence-corrected chi connectivity index (χ4v) is 3.74. The van der Waals surface area contributed by atoms with Gasteiger partial charge >= 0.3 is 0 Å². The number of nitrogens with one attached hydrogen (secondary N) is 1. The minimum Gasteiger partial charge on any atom is -0.476 e. The molecule has 3 rings (SSSR count). The molecule has 0 unspecified atom stereocenters. The van der Waals surface area contributed by atoms with Gasteiger partial charge in [0.1, 0.15) is 6.61 Å². The molecule has 0 spiro atoms. The highest BCUT2D eigenvalue weighted by molar-refractivity contribution is 5.80. The maximum absolute atomic E-state index is 6.08. The highest BCUT2D eigenvalue weighted by Crippen LogP contribution is 2.25. The fraction of sp³-hybridized carbons (Fsp3) is 0.462. The monoisotopic (exact) mass is 450 g/mol. The van der Waals surface area contributed by atoms with Gasteiger partial charge in [0.25, 0.3) is 0 Å². The smallest absolute Gasteiger partial charge is 0.217 e. The van der Waals surface area contributed by atoms with E-state index < -0.39 is 0 Å². The van der Waals surface area contributed by atoms with Crippen LogP contribution in [0.5, 0.6) is 5.88 Å². The SMILES string of the molecule is CCCN(CCC)c1cc(N/N=C/c2cccc(C)c2)nc(OCCN2C=CN(C)CC2)c1. The number of hydrazone groups is 1. The molecule has 0 atom stereocenters. The van der Waals surface area contributed by atoms with Gasteiger partial charge in [-0.05, 0) is 25.3 Å². The first-order valence-corrected chi connectivity index (χ1v) is 12.0. The van der Waals surface area contributed by atoms with Gasteiger partial charge in [-0.3, -0.25) is 5.43 Å². The summed E-state index contributed by atoms with van der Waals surface area (Å²) in [6, 6.07) is 12.3. The van der Waals surface area contributed by atoms with Crippen molar-refractivity contribution in [1.29, 1.82) is 0 Å². The van der Waals surface area contributed by atoms with Crippen LogP contribution in [0.15, 0.2) is 53.9 Å². The lowest BCUT2D eigenvalue weighted by atomic mass is 10.2. The Bertz CT molecular complexity index is 923. The lowest BCUT2D eigenvalue weighted by molar-refractivity contribution is 0.223. The van der Waals surface area contributed by atoms with Gasteiger partial charge in [-0.1, -0.05) is 43.7 Å². The van der Waals surface area contributed by atoms with Crippen molar-refractivity contribution in [3.05, 3.63) is 59.9 Å². The summed E-state index contributed by atoms with van der Waals surface area (Å²) in [6.45, 7) is 11.9. The van der Waals surface area contributed by atoms with E-state index in [1.54, 1.807) is 0 Å². The van der Waals surface area contributed by atoms with Crippen LogP contribution in [0.2, 0.25) is 0 Å². The first-order valence-electron chi connectivity index (χ1n) is 12.0. The molecule has 0 bridgehead atoms. The van der Waals surface area contributed by atoms with E-state index in [0.29, 0.717) is 18.3 Å². The van der Waals surface area contributed by atoms with Crippen molar-refractivity contribution in [1.82, 2.24) is 14.8 Å². The summed E-state index contributed by atoms with van der Waals surface area (Å²) in [5.74, 6) is 1.30. The molecule has 2 aromatic rings. The Morgan fingerprint density at radius 2 is 1.94 bits per heavy atom. The maximum Gasteiger partial charge on any atom is 0.217 e. The van der Waals surface area contributed by atoms with Crippen molar-refractivity contribution in [3.63, 3.8) is 0 Å². The first-order chi connectivity index (χ1) is 16.1.